The largest absolute Gasteiger partial charge is 0.422 e. The molecule has 36 heavy (non-hydrogen) atoms. The number of hydrogen-bond donors (Lipinski definition) is 4. The average molecular weight is 489 g/mol. The molecule has 7 nitrogen and oxygen atoms in total. The van der Waals surface area contributed by atoms with Gasteiger partial charge in [-0.15, -0.1) is 0 Å². The summed E-state index contributed by atoms with van der Waals surface area (Å²) in [6, 6.07) is 8.14. The van der Waals surface area contributed by atoms with E-state index < -0.39 is 16.6 Å². The van der Waals surface area contributed by atoms with Crippen LogP contribution in [0.3, 0.4) is 0 Å². The van der Waals surface area contributed by atoms with Crippen molar-refractivity contribution in [2.24, 2.45) is 23.5 Å². The molecule has 0 saturated heterocycles. The Morgan fingerprint density at radius 1 is 1.19 bits per heavy atom. The summed E-state index contributed by atoms with van der Waals surface area (Å²) in [5.74, 6) is 7.50. The highest BCUT2D eigenvalue weighted by atomic mass is 16.5. The van der Waals surface area contributed by atoms with Crippen molar-refractivity contribution in [3.05, 3.63) is 57.6 Å². The summed E-state index contributed by atoms with van der Waals surface area (Å²) in [6.45, 7) is 13.1. The lowest BCUT2D eigenvalue weighted by molar-refractivity contribution is -0.0315. The number of aliphatic hydroxyl groups is 2. The first kappa shape index (κ1) is 25.8. The molecule has 1 saturated carbocycles. The van der Waals surface area contributed by atoms with Gasteiger partial charge in [-0.05, 0) is 82.6 Å². The van der Waals surface area contributed by atoms with Crippen LogP contribution in [0, 0.1) is 47.8 Å². The van der Waals surface area contributed by atoms with E-state index in [0.29, 0.717) is 22.7 Å². The zero-order valence-electron chi connectivity index (χ0n) is 22.2. The summed E-state index contributed by atoms with van der Waals surface area (Å²) in [6.07, 6.45) is 1.72. The van der Waals surface area contributed by atoms with Crippen LogP contribution in [0.1, 0.15) is 82.3 Å². The summed E-state index contributed by atoms with van der Waals surface area (Å²) in [5.41, 5.74) is 7.56. The minimum atomic E-state index is -1.13. The maximum absolute atomic E-state index is 11.0. The number of nitriles is 1. The second-order valence-electron chi connectivity index (χ2n) is 11.6. The SMILES string of the molecule is Cc1n[nH]c2c1C(c1cc(C#C[C@H]3C[C@@H](C(C)(C)O)C3)cc(C(C)(C)O)c1)(C(C)C)C(C#N)=C(N)O2. The number of aryl methyl sites for hydroxylation is 1. The lowest BCUT2D eigenvalue weighted by Crippen LogP contribution is -2.41. The molecule has 7 heteroatoms. The maximum atomic E-state index is 11.0. The summed E-state index contributed by atoms with van der Waals surface area (Å²) >= 11 is 0. The molecule has 0 spiro atoms. The van der Waals surface area contributed by atoms with Crippen LogP contribution in [0.5, 0.6) is 5.88 Å². The van der Waals surface area contributed by atoms with E-state index in [1.165, 1.54) is 0 Å². The zero-order valence-corrected chi connectivity index (χ0v) is 22.2. The third-order valence-corrected chi connectivity index (χ3v) is 7.79. The van der Waals surface area contributed by atoms with Gasteiger partial charge in [0.2, 0.25) is 11.8 Å². The van der Waals surface area contributed by atoms with Crippen LogP contribution in [-0.4, -0.2) is 26.0 Å². The van der Waals surface area contributed by atoms with Gasteiger partial charge in [-0.2, -0.15) is 10.4 Å². The van der Waals surface area contributed by atoms with E-state index in [4.69, 9.17) is 10.5 Å². The Morgan fingerprint density at radius 2 is 1.86 bits per heavy atom. The number of allylic oxidation sites excluding steroid dienone is 1. The minimum Gasteiger partial charge on any atom is -0.422 e. The maximum Gasteiger partial charge on any atom is 0.222 e. The van der Waals surface area contributed by atoms with Gasteiger partial charge in [0.05, 0.1) is 27.9 Å². The molecular weight excluding hydrogens is 452 g/mol. The summed E-state index contributed by atoms with van der Waals surface area (Å²) in [4.78, 5) is 0. The van der Waals surface area contributed by atoms with Crippen molar-refractivity contribution in [1.29, 1.82) is 5.26 Å². The number of aromatic nitrogens is 2. The molecule has 0 radical (unpaired) electrons. The molecule has 190 valence electrons. The topological polar surface area (TPSA) is 128 Å². The number of aromatic amines is 1. The number of fused-ring (bicyclic) bond motifs is 1. The van der Waals surface area contributed by atoms with Crippen LogP contribution < -0.4 is 10.5 Å². The average Bonchev–Trinajstić information content (AvgIpc) is 3.09. The van der Waals surface area contributed by atoms with Gasteiger partial charge in [0.25, 0.3) is 0 Å². The lowest BCUT2D eigenvalue weighted by atomic mass is 9.61. The van der Waals surface area contributed by atoms with Gasteiger partial charge in [-0.1, -0.05) is 31.8 Å². The molecule has 4 rings (SSSR count). The number of rotatable bonds is 4. The molecule has 1 aliphatic carbocycles. The molecule has 0 amide bonds. The number of benzene rings is 1. The number of nitrogens with one attached hydrogen (secondary N) is 1. The molecule has 2 heterocycles. The van der Waals surface area contributed by atoms with Crippen LogP contribution in [0.2, 0.25) is 0 Å². The Labute approximate surface area is 213 Å². The number of hydrogen-bond acceptors (Lipinski definition) is 6. The van der Waals surface area contributed by atoms with Gasteiger partial charge in [0, 0.05) is 11.5 Å². The van der Waals surface area contributed by atoms with Crippen molar-refractivity contribution in [2.75, 3.05) is 0 Å². The van der Waals surface area contributed by atoms with Crippen molar-refractivity contribution in [1.82, 2.24) is 10.2 Å². The quantitative estimate of drug-likeness (QED) is 0.479. The lowest BCUT2D eigenvalue weighted by Gasteiger charge is -2.41. The Balaban J connectivity index is 1.91. The predicted octanol–water partition coefficient (Wildman–Crippen LogP) is 4.12. The highest BCUT2D eigenvalue weighted by Crippen LogP contribution is 2.53. The monoisotopic (exact) mass is 488 g/mol. The van der Waals surface area contributed by atoms with Crippen molar-refractivity contribution in [3.8, 4) is 23.8 Å². The number of ether oxygens (including phenoxy) is 1. The van der Waals surface area contributed by atoms with Crippen LogP contribution in [0.25, 0.3) is 0 Å². The highest BCUT2D eigenvalue weighted by Gasteiger charge is 2.51. The molecule has 1 aromatic heterocycles. The number of nitrogens with two attached hydrogens (primary N) is 1. The third-order valence-electron chi connectivity index (χ3n) is 7.79. The van der Waals surface area contributed by atoms with Crippen molar-refractivity contribution < 1.29 is 14.9 Å². The first-order valence-corrected chi connectivity index (χ1v) is 12.5. The minimum absolute atomic E-state index is 0.0378. The van der Waals surface area contributed by atoms with Crippen LogP contribution >= 0.6 is 0 Å². The number of nitrogens with zero attached hydrogens (tertiary/aromatic N) is 2. The Morgan fingerprint density at radius 3 is 2.42 bits per heavy atom. The van der Waals surface area contributed by atoms with Crippen LogP contribution in [0.15, 0.2) is 29.7 Å². The summed E-state index contributed by atoms with van der Waals surface area (Å²) < 4.78 is 5.77. The van der Waals surface area contributed by atoms with Gasteiger partial charge >= 0.3 is 0 Å². The van der Waals surface area contributed by atoms with Crippen molar-refractivity contribution in [2.45, 2.75) is 77.9 Å². The van der Waals surface area contributed by atoms with E-state index in [9.17, 15) is 15.5 Å². The van der Waals surface area contributed by atoms with E-state index in [2.05, 4.69) is 28.1 Å². The molecular formula is C29H36N4O3. The van der Waals surface area contributed by atoms with E-state index in [1.807, 2.05) is 52.8 Å². The number of H-pyrrole nitrogens is 1. The van der Waals surface area contributed by atoms with Gasteiger partial charge in [0.1, 0.15) is 11.6 Å². The second-order valence-corrected chi connectivity index (χ2v) is 11.6. The predicted molar refractivity (Wildman–Crippen MR) is 137 cm³/mol. The van der Waals surface area contributed by atoms with Gasteiger partial charge in [-0.25, -0.2) is 5.10 Å². The molecule has 1 unspecified atom stereocenters. The van der Waals surface area contributed by atoms with E-state index in [-0.39, 0.29) is 23.6 Å². The standard InChI is InChI=1S/C29H36N4O3/c1-16(2)29(23(15-30)25(31)36-26-24(29)17(3)32-33-26)22-13-19(12-21(14-22)28(6,7)35)9-8-18-10-20(11-18)27(4,5)34/h12-14,16,18,20,34-35H,10-11,31H2,1-7H3,(H,32,33)/t18-,20+,29?. The van der Waals surface area contributed by atoms with E-state index in [1.54, 1.807) is 13.8 Å². The zero-order chi connectivity index (χ0) is 26.6. The Kier molecular flexibility index (Phi) is 6.23. The third kappa shape index (κ3) is 4.17. The van der Waals surface area contributed by atoms with Gasteiger partial charge < -0.3 is 20.7 Å². The smallest absolute Gasteiger partial charge is 0.222 e. The van der Waals surface area contributed by atoms with Crippen LogP contribution in [0.4, 0.5) is 0 Å². The molecule has 1 aromatic carbocycles. The molecule has 1 atom stereocenters. The fraction of sp³-hybridized carbons (Fsp3) is 0.517. The Bertz CT molecular complexity index is 1320. The Hall–Kier alpha value is -3.26. The fourth-order valence-corrected chi connectivity index (χ4v) is 5.55. The van der Waals surface area contributed by atoms with Crippen molar-refractivity contribution in [3.63, 3.8) is 0 Å². The highest BCUT2D eigenvalue weighted by molar-refractivity contribution is 5.63. The first-order valence-electron chi connectivity index (χ1n) is 12.5. The molecule has 2 aromatic rings. The fourth-order valence-electron chi connectivity index (χ4n) is 5.55. The molecule has 1 aliphatic heterocycles. The second kappa shape index (κ2) is 8.69. The summed E-state index contributed by atoms with van der Waals surface area (Å²) in [7, 11) is 0. The van der Waals surface area contributed by atoms with Gasteiger partial charge in [-0.3, -0.25) is 0 Å². The van der Waals surface area contributed by atoms with Crippen molar-refractivity contribution >= 4 is 0 Å². The van der Waals surface area contributed by atoms with Crippen LogP contribution in [-0.2, 0) is 11.0 Å². The molecule has 0 bridgehead atoms. The van der Waals surface area contributed by atoms with E-state index in [0.717, 1.165) is 29.5 Å². The molecule has 5 N–H and O–H groups in total. The van der Waals surface area contributed by atoms with Gasteiger partial charge in [0.15, 0.2) is 0 Å². The molecule has 1 fully saturated rings. The summed E-state index contributed by atoms with van der Waals surface area (Å²) in [5, 5.41) is 38.8. The normalized spacial score (nSPS) is 23.8. The molecule has 2 aliphatic rings. The van der Waals surface area contributed by atoms with E-state index >= 15 is 0 Å². The first-order chi connectivity index (χ1) is 16.7.